The maximum atomic E-state index is 9.04. The lowest BCUT2D eigenvalue weighted by molar-refractivity contribution is 1.03. The molecule has 1 aromatic carbocycles. The van der Waals surface area contributed by atoms with E-state index >= 15 is 0 Å². The summed E-state index contributed by atoms with van der Waals surface area (Å²) in [5.74, 6) is 0.433. The quantitative estimate of drug-likeness (QED) is 0.753. The van der Waals surface area contributed by atoms with Gasteiger partial charge in [-0.1, -0.05) is 18.2 Å². The smallest absolute Gasteiger partial charge is 0.171 e. The van der Waals surface area contributed by atoms with Crippen LogP contribution in [0.4, 0.5) is 11.5 Å². The summed E-state index contributed by atoms with van der Waals surface area (Å²) in [6.07, 6.45) is 3.22. The molecule has 0 amide bonds. The molecule has 0 saturated heterocycles. The molecule has 90 valence electrons. The molecule has 0 aliphatic carbocycles. The fourth-order valence-electron chi connectivity index (χ4n) is 1.85. The van der Waals surface area contributed by atoms with Crippen molar-refractivity contribution in [3.05, 3.63) is 54.4 Å². The van der Waals surface area contributed by atoms with Crippen LogP contribution in [-0.4, -0.2) is 15.2 Å². The van der Waals surface area contributed by atoms with Crippen molar-refractivity contribution in [1.82, 2.24) is 15.2 Å². The van der Waals surface area contributed by atoms with Crippen molar-refractivity contribution in [1.29, 1.82) is 5.26 Å². The Bertz CT molecular complexity index is 771. The molecule has 5 heteroatoms. The van der Waals surface area contributed by atoms with E-state index in [1.165, 1.54) is 6.20 Å². The Hall–Kier alpha value is -3.00. The highest BCUT2D eigenvalue weighted by Gasteiger charge is 2.06. The number of nitrogens with one attached hydrogen (secondary N) is 1. The maximum Gasteiger partial charge on any atom is 0.171 e. The summed E-state index contributed by atoms with van der Waals surface area (Å²) >= 11 is 0. The molecule has 0 aliphatic heterocycles. The zero-order valence-corrected chi connectivity index (χ0v) is 9.91. The molecule has 0 fully saturated rings. The van der Waals surface area contributed by atoms with Crippen molar-refractivity contribution in [3.63, 3.8) is 0 Å². The number of para-hydroxylation sites is 1. The minimum atomic E-state index is 0.433. The van der Waals surface area contributed by atoms with Crippen molar-refractivity contribution < 1.29 is 0 Å². The van der Waals surface area contributed by atoms with Gasteiger partial charge in [0, 0.05) is 11.6 Å². The van der Waals surface area contributed by atoms with Crippen LogP contribution in [0.15, 0.2) is 48.8 Å². The molecule has 0 aliphatic rings. The SMILES string of the molecule is N#Cc1ccnnc1Nc1cccc2cccnc12. The van der Waals surface area contributed by atoms with Crippen molar-refractivity contribution in [2.75, 3.05) is 5.32 Å². The molecule has 2 aromatic heterocycles. The van der Waals surface area contributed by atoms with E-state index in [0.717, 1.165) is 16.6 Å². The number of nitrogens with zero attached hydrogens (tertiary/aromatic N) is 4. The normalized spacial score (nSPS) is 10.1. The maximum absolute atomic E-state index is 9.04. The Morgan fingerprint density at radius 2 is 1.95 bits per heavy atom. The van der Waals surface area contributed by atoms with E-state index in [1.54, 1.807) is 12.3 Å². The largest absolute Gasteiger partial charge is 0.336 e. The average Bonchev–Trinajstić information content (AvgIpc) is 2.48. The highest BCUT2D eigenvalue weighted by atomic mass is 15.2. The molecule has 3 rings (SSSR count). The first kappa shape index (κ1) is 11.1. The van der Waals surface area contributed by atoms with Crippen LogP contribution in [0.3, 0.4) is 0 Å². The third kappa shape index (κ3) is 2.07. The van der Waals surface area contributed by atoms with Gasteiger partial charge in [-0.25, -0.2) is 0 Å². The van der Waals surface area contributed by atoms with E-state index in [9.17, 15) is 0 Å². The first-order valence-electron chi connectivity index (χ1n) is 5.71. The second kappa shape index (κ2) is 4.70. The fourth-order valence-corrected chi connectivity index (χ4v) is 1.85. The highest BCUT2D eigenvalue weighted by molar-refractivity contribution is 5.91. The molecular formula is C14H9N5. The van der Waals surface area contributed by atoms with Crippen molar-refractivity contribution >= 4 is 22.4 Å². The third-order valence-corrected chi connectivity index (χ3v) is 2.73. The third-order valence-electron chi connectivity index (χ3n) is 2.73. The van der Waals surface area contributed by atoms with Gasteiger partial charge in [0.2, 0.25) is 0 Å². The van der Waals surface area contributed by atoms with Gasteiger partial charge >= 0.3 is 0 Å². The first-order valence-corrected chi connectivity index (χ1v) is 5.71. The van der Waals surface area contributed by atoms with Crippen LogP contribution in [0.2, 0.25) is 0 Å². The van der Waals surface area contributed by atoms with Crippen LogP contribution >= 0.6 is 0 Å². The lowest BCUT2D eigenvalue weighted by atomic mass is 10.2. The van der Waals surface area contributed by atoms with Crippen LogP contribution in [0, 0.1) is 11.3 Å². The van der Waals surface area contributed by atoms with Crippen molar-refractivity contribution in [3.8, 4) is 6.07 Å². The summed E-state index contributed by atoms with van der Waals surface area (Å²) in [6, 6.07) is 13.4. The number of anilines is 2. The van der Waals surface area contributed by atoms with Gasteiger partial charge in [0.1, 0.15) is 6.07 Å². The minimum absolute atomic E-state index is 0.433. The average molecular weight is 247 g/mol. The number of pyridine rings is 1. The van der Waals surface area contributed by atoms with Crippen LogP contribution in [0.5, 0.6) is 0 Å². The van der Waals surface area contributed by atoms with Crippen LogP contribution in [-0.2, 0) is 0 Å². The summed E-state index contributed by atoms with van der Waals surface area (Å²) in [4.78, 5) is 4.34. The van der Waals surface area contributed by atoms with Crippen LogP contribution in [0.1, 0.15) is 5.56 Å². The van der Waals surface area contributed by atoms with Crippen LogP contribution < -0.4 is 5.32 Å². The number of aromatic nitrogens is 3. The predicted octanol–water partition coefficient (Wildman–Crippen LogP) is 2.64. The fraction of sp³-hybridized carbons (Fsp3) is 0. The number of rotatable bonds is 2. The molecule has 1 N–H and O–H groups in total. The highest BCUT2D eigenvalue weighted by Crippen LogP contribution is 2.24. The summed E-state index contributed by atoms with van der Waals surface area (Å²) in [6.45, 7) is 0. The Balaban J connectivity index is 2.09. The van der Waals surface area contributed by atoms with E-state index in [2.05, 4.69) is 26.6 Å². The predicted molar refractivity (Wildman–Crippen MR) is 71.8 cm³/mol. The van der Waals surface area contributed by atoms with E-state index in [4.69, 9.17) is 5.26 Å². The standard InChI is InChI=1S/C14H9N5/c15-9-11-6-8-17-19-14(11)18-12-5-1-3-10-4-2-7-16-13(10)12/h1-8H,(H,18,19). The van der Waals surface area contributed by atoms with Gasteiger partial charge in [0.25, 0.3) is 0 Å². The second-order valence-corrected chi connectivity index (χ2v) is 3.91. The summed E-state index contributed by atoms with van der Waals surface area (Å²) < 4.78 is 0. The van der Waals surface area contributed by atoms with Gasteiger partial charge in [-0.3, -0.25) is 4.98 Å². The van der Waals surface area contributed by atoms with Gasteiger partial charge < -0.3 is 5.32 Å². The number of hydrogen-bond acceptors (Lipinski definition) is 5. The number of nitriles is 1. The number of hydrogen-bond donors (Lipinski definition) is 1. The Kier molecular flexibility index (Phi) is 2.75. The number of benzene rings is 1. The summed E-state index contributed by atoms with van der Waals surface area (Å²) in [7, 11) is 0. The molecule has 3 aromatic rings. The molecule has 0 bridgehead atoms. The van der Waals surface area contributed by atoms with E-state index in [0.29, 0.717) is 11.4 Å². The monoisotopic (exact) mass is 247 g/mol. The summed E-state index contributed by atoms with van der Waals surface area (Å²) in [5, 5.41) is 20.9. The Morgan fingerprint density at radius 3 is 2.84 bits per heavy atom. The van der Waals surface area contributed by atoms with Gasteiger partial charge in [-0.15, -0.1) is 5.10 Å². The van der Waals surface area contributed by atoms with Crippen molar-refractivity contribution in [2.24, 2.45) is 0 Å². The Morgan fingerprint density at radius 1 is 1.05 bits per heavy atom. The van der Waals surface area contributed by atoms with Gasteiger partial charge in [0.15, 0.2) is 5.82 Å². The second-order valence-electron chi connectivity index (χ2n) is 3.91. The van der Waals surface area contributed by atoms with E-state index < -0.39 is 0 Å². The zero-order chi connectivity index (χ0) is 13.1. The first-order chi connectivity index (χ1) is 9.38. The lowest BCUT2D eigenvalue weighted by Crippen LogP contribution is -1.99. The molecular weight excluding hydrogens is 238 g/mol. The van der Waals surface area contributed by atoms with Crippen LogP contribution in [0.25, 0.3) is 10.9 Å². The molecule has 0 atom stereocenters. The molecule has 0 unspecified atom stereocenters. The summed E-state index contributed by atoms with van der Waals surface area (Å²) in [5.41, 5.74) is 2.08. The van der Waals surface area contributed by atoms with E-state index in [1.807, 2.05) is 30.3 Å². The molecule has 0 saturated carbocycles. The van der Waals surface area contributed by atoms with Crippen molar-refractivity contribution in [2.45, 2.75) is 0 Å². The molecule has 2 heterocycles. The Labute approximate surface area is 109 Å². The van der Waals surface area contributed by atoms with E-state index in [-0.39, 0.29) is 0 Å². The van der Waals surface area contributed by atoms with Gasteiger partial charge in [-0.05, 0) is 18.2 Å². The topological polar surface area (TPSA) is 74.5 Å². The molecule has 19 heavy (non-hydrogen) atoms. The minimum Gasteiger partial charge on any atom is -0.336 e. The molecule has 0 radical (unpaired) electrons. The molecule has 0 spiro atoms. The lowest BCUT2D eigenvalue weighted by Gasteiger charge is -2.08. The number of fused-ring (bicyclic) bond motifs is 1. The zero-order valence-electron chi connectivity index (χ0n) is 9.91. The van der Waals surface area contributed by atoms with Gasteiger partial charge in [0.05, 0.1) is 23.0 Å². The van der Waals surface area contributed by atoms with Gasteiger partial charge in [-0.2, -0.15) is 10.4 Å². The molecule has 5 nitrogen and oxygen atoms in total.